The average molecular weight is 311 g/mol. The van der Waals surface area contributed by atoms with Crippen LogP contribution in [0.4, 0.5) is 4.39 Å². The van der Waals surface area contributed by atoms with Crippen LogP contribution in [-0.4, -0.2) is 41.6 Å². The molecule has 22 heavy (non-hydrogen) atoms. The topological polar surface area (TPSA) is 66.8 Å². The smallest absolute Gasteiger partial charge is 0.305 e. The Morgan fingerprint density at radius 1 is 1.32 bits per heavy atom. The summed E-state index contributed by atoms with van der Waals surface area (Å²) in [7, 11) is 1.39. The monoisotopic (exact) mass is 311 g/mol. The molecule has 0 fully saturated rings. The van der Waals surface area contributed by atoms with Crippen molar-refractivity contribution in [1.82, 2.24) is 4.90 Å². The van der Waals surface area contributed by atoms with Crippen molar-refractivity contribution in [1.29, 1.82) is 0 Å². The van der Waals surface area contributed by atoms with Gasteiger partial charge in [0.15, 0.2) is 11.6 Å². The maximum Gasteiger partial charge on any atom is 0.305 e. The minimum absolute atomic E-state index is 0.0700. The lowest BCUT2D eigenvalue weighted by Crippen LogP contribution is -2.38. The number of hydrogen-bond acceptors (Lipinski definition) is 3. The van der Waals surface area contributed by atoms with E-state index in [4.69, 9.17) is 9.84 Å². The zero-order valence-corrected chi connectivity index (χ0v) is 13.1. The maximum absolute atomic E-state index is 13.6. The van der Waals surface area contributed by atoms with Gasteiger partial charge in [-0.3, -0.25) is 9.59 Å². The summed E-state index contributed by atoms with van der Waals surface area (Å²) in [6.45, 7) is 3.86. The lowest BCUT2D eigenvalue weighted by molar-refractivity contribution is -0.139. The summed E-state index contributed by atoms with van der Waals surface area (Å²) in [6, 6.07) is 4.52. The van der Waals surface area contributed by atoms with Gasteiger partial charge in [-0.15, -0.1) is 0 Å². The molecule has 0 bridgehead atoms. The lowest BCUT2D eigenvalue weighted by atomic mass is 10.1. The molecule has 0 saturated carbocycles. The molecular formula is C16H22FNO4. The SMILES string of the molecule is COc1ccc(CCC(=O)N(CCC(=O)O)C(C)C)cc1F. The van der Waals surface area contributed by atoms with Crippen LogP contribution in [0.1, 0.15) is 32.3 Å². The third kappa shape index (κ3) is 5.35. The Bertz CT molecular complexity index is 531. The van der Waals surface area contributed by atoms with Crippen LogP contribution in [0.25, 0.3) is 0 Å². The fourth-order valence-corrected chi connectivity index (χ4v) is 2.15. The van der Waals surface area contributed by atoms with Gasteiger partial charge in [-0.25, -0.2) is 4.39 Å². The van der Waals surface area contributed by atoms with Crippen molar-refractivity contribution in [2.45, 2.75) is 39.2 Å². The molecule has 1 aromatic carbocycles. The average Bonchev–Trinajstić information content (AvgIpc) is 2.44. The highest BCUT2D eigenvalue weighted by molar-refractivity contribution is 5.77. The molecule has 122 valence electrons. The number of aryl methyl sites for hydroxylation is 1. The van der Waals surface area contributed by atoms with Crippen molar-refractivity contribution in [2.75, 3.05) is 13.7 Å². The number of ether oxygens (including phenoxy) is 1. The van der Waals surface area contributed by atoms with E-state index in [2.05, 4.69) is 0 Å². The molecule has 1 aromatic rings. The second kappa shape index (κ2) is 8.36. The van der Waals surface area contributed by atoms with Gasteiger partial charge in [-0.2, -0.15) is 0 Å². The normalized spacial score (nSPS) is 10.6. The molecule has 0 atom stereocenters. The van der Waals surface area contributed by atoms with Crippen LogP contribution < -0.4 is 4.74 Å². The Hall–Kier alpha value is -2.11. The summed E-state index contributed by atoms with van der Waals surface area (Å²) in [5, 5.41) is 8.72. The number of carboxylic acids is 1. The van der Waals surface area contributed by atoms with E-state index < -0.39 is 11.8 Å². The third-order valence-electron chi connectivity index (χ3n) is 3.35. The molecule has 0 radical (unpaired) electrons. The number of aliphatic carboxylic acids is 1. The van der Waals surface area contributed by atoms with Gasteiger partial charge >= 0.3 is 5.97 Å². The van der Waals surface area contributed by atoms with Crippen LogP contribution in [-0.2, 0) is 16.0 Å². The number of methoxy groups -OCH3 is 1. The number of amides is 1. The summed E-state index contributed by atoms with van der Waals surface area (Å²) < 4.78 is 18.4. The van der Waals surface area contributed by atoms with E-state index in [0.29, 0.717) is 12.0 Å². The number of carbonyl (C=O) groups excluding carboxylic acids is 1. The van der Waals surface area contributed by atoms with Crippen molar-refractivity contribution in [2.24, 2.45) is 0 Å². The van der Waals surface area contributed by atoms with Gasteiger partial charge in [0.2, 0.25) is 5.91 Å². The molecule has 0 heterocycles. The van der Waals surface area contributed by atoms with Gasteiger partial charge in [0, 0.05) is 19.0 Å². The number of nitrogens with zero attached hydrogens (tertiary/aromatic N) is 1. The number of carboxylic acid groups (broad SMARTS) is 1. The van der Waals surface area contributed by atoms with Crippen LogP contribution in [0.15, 0.2) is 18.2 Å². The zero-order chi connectivity index (χ0) is 16.7. The van der Waals surface area contributed by atoms with E-state index in [1.165, 1.54) is 24.1 Å². The predicted molar refractivity (Wildman–Crippen MR) is 80.4 cm³/mol. The molecule has 0 aliphatic heterocycles. The van der Waals surface area contributed by atoms with Crippen LogP contribution in [0.2, 0.25) is 0 Å². The molecule has 0 spiro atoms. The van der Waals surface area contributed by atoms with Crippen LogP contribution in [0.5, 0.6) is 5.75 Å². The molecule has 1 rings (SSSR count). The fraction of sp³-hybridized carbons (Fsp3) is 0.500. The van der Waals surface area contributed by atoms with Crippen LogP contribution >= 0.6 is 0 Å². The van der Waals surface area contributed by atoms with Gasteiger partial charge in [0.05, 0.1) is 13.5 Å². The fourth-order valence-electron chi connectivity index (χ4n) is 2.15. The molecule has 0 aromatic heterocycles. The highest BCUT2D eigenvalue weighted by Crippen LogP contribution is 2.19. The Labute approximate surface area is 129 Å². The van der Waals surface area contributed by atoms with Crippen molar-refractivity contribution in [3.63, 3.8) is 0 Å². The highest BCUT2D eigenvalue weighted by Gasteiger charge is 2.18. The molecular weight excluding hydrogens is 289 g/mol. The third-order valence-corrected chi connectivity index (χ3v) is 3.35. The molecule has 0 aliphatic rings. The van der Waals surface area contributed by atoms with Gasteiger partial charge in [0.1, 0.15) is 0 Å². The Morgan fingerprint density at radius 3 is 2.50 bits per heavy atom. The number of hydrogen-bond donors (Lipinski definition) is 1. The first-order valence-electron chi connectivity index (χ1n) is 7.18. The summed E-state index contributed by atoms with van der Waals surface area (Å²) >= 11 is 0. The number of carbonyl (C=O) groups is 2. The first-order chi connectivity index (χ1) is 10.3. The summed E-state index contributed by atoms with van der Waals surface area (Å²) in [4.78, 5) is 24.4. The number of benzene rings is 1. The van der Waals surface area contributed by atoms with Gasteiger partial charge in [0.25, 0.3) is 0 Å². The Morgan fingerprint density at radius 2 is 2.00 bits per heavy atom. The molecule has 1 amide bonds. The van der Waals surface area contributed by atoms with Gasteiger partial charge in [-0.1, -0.05) is 6.07 Å². The molecule has 5 nitrogen and oxygen atoms in total. The molecule has 6 heteroatoms. The first kappa shape index (κ1) is 17.9. The van der Waals surface area contributed by atoms with Crippen molar-refractivity contribution in [3.05, 3.63) is 29.6 Å². The quantitative estimate of drug-likeness (QED) is 0.801. The minimum Gasteiger partial charge on any atom is -0.494 e. The van der Waals surface area contributed by atoms with E-state index in [1.54, 1.807) is 6.07 Å². The van der Waals surface area contributed by atoms with Gasteiger partial charge < -0.3 is 14.7 Å². The maximum atomic E-state index is 13.6. The largest absolute Gasteiger partial charge is 0.494 e. The second-order valence-corrected chi connectivity index (χ2v) is 5.29. The second-order valence-electron chi connectivity index (χ2n) is 5.29. The first-order valence-corrected chi connectivity index (χ1v) is 7.18. The van der Waals surface area contributed by atoms with Gasteiger partial charge in [-0.05, 0) is 38.0 Å². The summed E-state index contributed by atoms with van der Waals surface area (Å²) in [5.41, 5.74) is 0.702. The van der Waals surface area contributed by atoms with Crippen LogP contribution in [0.3, 0.4) is 0 Å². The molecule has 0 unspecified atom stereocenters. The Balaban J connectivity index is 2.62. The van der Waals surface area contributed by atoms with Crippen molar-refractivity contribution < 1.29 is 23.8 Å². The number of rotatable bonds is 8. The van der Waals surface area contributed by atoms with E-state index in [-0.39, 0.29) is 37.1 Å². The zero-order valence-electron chi connectivity index (χ0n) is 13.1. The number of halogens is 1. The van der Waals surface area contributed by atoms with E-state index in [0.717, 1.165) is 0 Å². The standard InChI is InChI=1S/C16H22FNO4/c1-11(2)18(9-8-16(20)21)15(19)7-5-12-4-6-14(22-3)13(17)10-12/h4,6,10-11H,5,7-9H2,1-3H3,(H,20,21). The lowest BCUT2D eigenvalue weighted by Gasteiger charge is -2.26. The molecule has 1 N–H and O–H groups in total. The van der Waals surface area contributed by atoms with E-state index >= 15 is 0 Å². The van der Waals surface area contributed by atoms with E-state index in [1.807, 2.05) is 13.8 Å². The Kier molecular flexibility index (Phi) is 6.82. The highest BCUT2D eigenvalue weighted by atomic mass is 19.1. The van der Waals surface area contributed by atoms with Crippen LogP contribution in [0, 0.1) is 5.82 Å². The predicted octanol–water partition coefficient (Wildman–Crippen LogP) is 2.48. The van der Waals surface area contributed by atoms with Crippen molar-refractivity contribution in [3.8, 4) is 5.75 Å². The summed E-state index contributed by atoms with van der Waals surface area (Å²) in [5.74, 6) is -1.36. The van der Waals surface area contributed by atoms with E-state index in [9.17, 15) is 14.0 Å². The molecule has 0 saturated heterocycles. The molecule has 0 aliphatic carbocycles. The summed E-state index contributed by atoms with van der Waals surface area (Å²) in [6.07, 6.45) is 0.528. The minimum atomic E-state index is -0.935. The van der Waals surface area contributed by atoms with Crippen molar-refractivity contribution >= 4 is 11.9 Å².